The summed E-state index contributed by atoms with van der Waals surface area (Å²) in [6.07, 6.45) is 6.05. The lowest BCUT2D eigenvalue weighted by Gasteiger charge is -2.42. The Labute approximate surface area is 94.5 Å². The Bertz CT molecular complexity index is 181. The molecule has 0 amide bonds. The first-order valence-electron chi connectivity index (χ1n) is 6.49. The highest BCUT2D eigenvalue weighted by molar-refractivity contribution is 4.93. The molecule has 2 heteroatoms. The second kappa shape index (κ2) is 5.86. The first-order chi connectivity index (χ1) is 7.13. The average Bonchev–Trinajstić information content (AvgIpc) is 2.26. The van der Waals surface area contributed by atoms with Crippen molar-refractivity contribution in [2.45, 2.75) is 58.4 Å². The summed E-state index contributed by atoms with van der Waals surface area (Å²) in [6, 6.07) is 0. The van der Waals surface area contributed by atoms with Gasteiger partial charge >= 0.3 is 0 Å². The van der Waals surface area contributed by atoms with Crippen molar-refractivity contribution in [3.8, 4) is 0 Å². The topological polar surface area (TPSA) is 32.3 Å². The third kappa shape index (κ3) is 3.46. The Hall–Kier alpha value is -0.0800. The molecule has 90 valence electrons. The minimum Gasteiger partial charge on any atom is -0.394 e. The van der Waals surface area contributed by atoms with E-state index in [2.05, 4.69) is 26.1 Å². The predicted molar refractivity (Wildman–Crippen MR) is 64.9 cm³/mol. The molecule has 2 unspecified atom stereocenters. The highest BCUT2D eigenvalue weighted by Gasteiger charge is 2.35. The van der Waals surface area contributed by atoms with Crippen molar-refractivity contribution >= 4 is 0 Å². The zero-order valence-corrected chi connectivity index (χ0v) is 10.6. The largest absolute Gasteiger partial charge is 0.394 e. The summed E-state index contributed by atoms with van der Waals surface area (Å²) < 4.78 is 0. The van der Waals surface area contributed by atoms with Crippen LogP contribution in [0.4, 0.5) is 0 Å². The van der Waals surface area contributed by atoms with Gasteiger partial charge in [-0.1, -0.05) is 33.6 Å². The van der Waals surface area contributed by atoms with Crippen LogP contribution in [0.5, 0.6) is 0 Å². The smallest absolute Gasteiger partial charge is 0.0613 e. The number of hydrogen-bond donors (Lipinski definition) is 2. The fraction of sp³-hybridized carbons (Fsp3) is 1.00. The maximum atomic E-state index is 9.61. The van der Waals surface area contributed by atoms with E-state index in [1.54, 1.807) is 0 Å². The van der Waals surface area contributed by atoms with E-state index in [1.165, 1.54) is 12.8 Å². The van der Waals surface area contributed by atoms with Gasteiger partial charge in [0.1, 0.15) is 0 Å². The molecular formula is C13H27NO. The lowest BCUT2D eigenvalue weighted by atomic mass is 9.72. The second-order valence-corrected chi connectivity index (χ2v) is 5.47. The van der Waals surface area contributed by atoms with Crippen LogP contribution in [0, 0.1) is 11.8 Å². The highest BCUT2D eigenvalue weighted by atomic mass is 16.3. The molecule has 1 aliphatic carbocycles. The van der Waals surface area contributed by atoms with Gasteiger partial charge in [0, 0.05) is 5.54 Å². The molecule has 1 rings (SSSR count). The average molecular weight is 213 g/mol. The predicted octanol–water partition coefficient (Wildman–Crippen LogP) is 2.56. The van der Waals surface area contributed by atoms with E-state index in [0.29, 0.717) is 6.61 Å². The number of nitrogens with one attached hydrogen (secondary N) is 1. The number of hydrogen-bond acceptors (Lipinski definition) is 2. The van der Waals surface area contributed by atoms with E-state index < -0.39 is 0 Å². The Morgan fingerprint density at radius 3 is 2.73 bits per heavy atom. The summed E-state index contributed by atoms with van der Waals surface area (Å²) in [5.41, 5.74) is 0.0309. The lowest BCUT2D eigenvalue weighted by molar-refractivity contribution is 0.0815. The van der Waals surface area contributed by atoms with Crippen LogP contribution >= 0.6 is 0 Å². The van der Waals surface area contributed by atoms with Crippen molar-refractivity contribution in [3.63, 3.8) is 0 Å². The molecule has 0 aromatic carbocycles. The third-order valence-electron chi connectivity index (χ3n) is 3.88. The fourth-order valence-electron chi connectivity index (χ4n) is 2.73. The van der Waals surface area contributed by atoms with E-state index >= 15 is 0 Å². The first-order valence-corrected chi connectivity index (χ1v) is 6.49. The zero-order valence-electron chi connectivity index (χ0n) is 10.6. The van der Waals surface area contributed by atoms with E-state index in [-0.39, 0.29) is 5.54 Å². The molecule has 15 heavy (non-hydrogen) atoms. The van der Waals surface area contributed by atoms with Gasteiger partial charge in [-0.2, -0.15) is 0 Å². The normalized spacial score (nSPS) is 32.2. The van der Waals surface area contributed by atoms with Crippen LogP contribution in [0.2, 0.25) is 0 Å². The van der Waals surface area contributed by atoms with Gasteiger partial charge in [0.2, 0.25) is 0 Å². The van der Waals surface area contributed by atoms with Gasteiger partial charge in [0.15, 0.2) is 0 Å². The molecule has 0 spiro atoms. The van der Waals surface area contributed by atoms with E-state index in [9.17, 15) is 5.11 Å². The summed E-state index contributed by atoms with van der Waals surface area (Å²) in [5.74, 6) is 1.54. The number of rotatable bonds is 5. The van der Waals surface area contributed by atoms with Gasteiger partial charge in [-0.25, -0.2) is 0 Å². The van der Waals surface area contributed by atoms with Gasteiger partial charge < -0.3 is 10.4 Å². The maximum Gasteiger partial charge on any atom is 0.0613 e. The molecule has 0 aromatic heterocycles. The molecule has 2 nitrogen and oxygen atoms in total. The Balaban J connectivity index is 2.55. The van der Waals surface area contributed by atoms with Crippen LogP contribution in [0.3, 0.4) is 0 Å². The van der Waals surface area contributed by atoms with E-state index in [4.69, 9.17) is 0 Å². The molecule has 0 heterocycles. The van der Waals surface area contributed by atoms with Crippen LogP contribution in [0.1, 0.15) is 52.9 Å². The van der Waals surface area contributed by atoms with Crippen LogP contribution in [0.15, 0.2) is 0 Å². The summed E-state index contributed by atoms with van der Waals surface area (Å²) >= 11 is 0. The Morgan fingerprint density at radius 1 is 1.47 bits per heavy atom. The molecular weight excluding hydrogens is 186 g/mol. The molecule has 2 N–H and O–H groups in total. The standard InChI is InChI=1S/C13H27NO/c1-4-8-14-13(10-15)7-5-6-12(9-13)11(2)3/h11-12,14-15H,4-10H2,1-3H3. The highest BCUT2D eigenvalue weighted by Crippen LogP contribution is 2.36. The number of aliphatic hydroxyl groups excluding tert-OH is 1. The van der Waals surface area contributed by atoms with Crippen LogP contribution < -0.4 is 5.32 Å². The fourth-order valence-corrected chi connectivity index (χ4v) is 2.73. The van der Waals surface area contributed by atoms with Gasteiger partial charge in [-0.05, 0) is 37.6 Å². The van der Waals surface area contributed by atoms with Crippen LogP contribution in [-0.4, -0.2) is 23.8 Å². The Kier molecular flexibility index (Phi) is 5.07. The molecule has 0 bridgehead atoms. The second-order valence-electron chi connectivity index (χ2n) is 5.47. The maximum absolute atomic E-state index is 9.61. The third-order valence-corrected chi connectivity index (χ3v) is 3.88. The minimum atomic E-state index is 0.0309. The lowest BCUT2D eigenvalue weighted by Crippen LogP contribution is -2.52. The van der Waals surface area contributed by atoms with Crippen LogP contribution in [-0.2, 0) is 0 Å². The van der Waals surface area contributed by atoms with Gasteiger partial charge in [0.05, 0.1) is 6.61 Å². The van der Waals surface area contributed by atoms with Gasteiger partial charge in [0.25, 0.3) is 0 Å². The van der Waals surface area contributed by atoms with E-state index in [0.717, 1.165) is 37.6 Å². The quantitative estimate of drug-likeness (QED) is 0.735. The van der Waals surface area contributed by atoms with Crippen molar-refractivity contribution in [2.24, 2.45) is 11.8 Å². The molecule has 0 aliphatic heterocycles. The SMILES string of the molecule is CCCNC1(CO)CCCC(C(C)C)C1. The van der Waals surface area contributed by atoms with Crippen molar-refractivity contribution in [1.29, 1.82) is 0 Å². The van der Waals surface area contributed by atoms with Crippen molar-refractivity contribution in [3.05, 3.63) is 0 Å². The summed E-state index contributed by atoms with van der Waals surface area (Å²) in [5, 5.41) is 13.2. The summed E-state index contributed by atoms with van der Waals surface area (Å²) in [6.45, 7) is 8.12. The molecule has 1 fully saturated rings. The Morgan fingerprint density at radius 2 is 2.20 bits per heavy atom. The van der Waals surface area contributed by atoms with Gasteiger partial charge in [-0.15, -0.1) is 0 Å². The number of aliphatic hydroxyl groups is 1. The monoisotopic (exact) mass is 213 g/mol. The summed E-state index contributed by atoms with van der Waals surface area (Å²) in [7, 11) is 0. The minimum absolute atomic E-state index is 0.0309. The summed E-state index contributed by atoms with van der Waals surface area (Å²) in [4.78, 5) is 0. The molecule has 1 aliphatic rings. The van der Waals surface area contributed by atoms with Crippen molar-refractivity contribution in [2.75, 3.05) is 13.2 Å². The molecule has 1 saturated carbocycles. The van der Waals surface area contributed by atoms with Crippen molar-refractivity contribution in [1.82, 2.24) is 5.32 Å². The zero-order chi connectivity index (χ0) is 11.3. The van der Waals surface area contributed by atoms with Gasteiger partial charge in [-0.3, -0.25) is 0 Å². The van der Waals surface area contributed by atoms with Crippen LogP contribution in [0.25, 0.3) is 0 Å². The van der Waals surface area contributed by atoms with E-state index in [1.807, 2.05) is 0 Å². The van der Waals surface area contributed by atoms with Crippen molar-refractivity contribution < 1.29 is 5.11 Å². The molecule has 0 aromatic rings. The molecule has 2 atom stereocenters. The molecule has 0 saturated heterocycles. The first kappa shape index (κ1) is 13.0. The molecule has 0 radical (unpaired) electrons.